The highest BCUT2D eigenvalue weighted by atomic mass is 16.5. The van der Waals surface area contributed by atoms with Gasteiger partial charge in [0, 0.05) is 39.1 Å². The van der Waals surface area contributed by atoms with Gasteiger partial charge in [-0.15, -0.1) is 0 Å². The summed E-state index contributed by atoms with van der Waals surface area (Å²) in [5, 5.41) is 0. The maximum atomic E-state index is 11.9. The van der Waals surface area contributed by atoms with Crippen LogP contribution in [-0.4, -0.2) is 62.0 Å². The Morgan fingerprint density at radius 1 is 1.19 bits per heavy atom. The summed E-state index contributed by atoms with van der Waals surface area (Å²) in [5.41, 5.74) is 0.708. The Morgan fingerprint density at radius 2 is 1.90 bits per heavy atom. The van der Waals surface area contributed by atoms with Gasteiger partial charge in [0.1, 0.15) is 5.75 Å². The smallest absolute Gasteiger partial charge is 0.166 e. The number of para-hydroxylation sites is 1. The predicted molar refractivity (Wildman–Crippen MR) is 85.1 cm³/mol. The van der Waals surface area contributed by atoms with Crippen molar-refractivity contribution in [2.45, 2.75) is 19.8 Å². The van der Waals surface area contributed by atoms with Gasteiger partial charge in [0.25, 0.3) is 0 Å². The monoisotopic (exact) mass is 290 g/mol. The Balaban J connectivity index is 1.75. The van der Waals surface area contributed by atoms with Crippen molar-refractivity contribution >= 4 is 5.78 Å². The van der Waals surface area contributed by atoms with E-state index in [2.05, 4.69) is 16.8 Å². The van der Waals surface area contributed by atoms with Crippen LogP contribution in [0.2, 0.25) is 0 Å². The van der Waals surface area contributed by atoms with Gasteiger partial charge < -0.3 is 14.5 Å². The molecular weight excluding hydrogens is 264 g/mol. The maximum Gasteiger partial charge on any atom is 0.166 e. The molecule has 0 amide bonds. The van der Waals surface area contributed by atoms with Gasteiger partial charge in [0.15, 0.2) is 5.78 Å². The summed E-state index contributed by atoms with van der Waals surface area (Å²) in [4.78, 5) is 16.7. The number of nitrogens with zero attached hydrogens (tertiary/aromatic N) is 2. The molecule has 0 spiro atoms. The van der Waals surface area contributed by atoms with Gasteiger partial charge in [-0.25, -0.2) is 0 Å². The number of hydrogen-bond donors (Lipinski definition) is 0. The zero-order valence-corrected chi connectivity index (χ0v) is 13.2. The summed E-state index contributed by atoms with van der Waals surface area (Å²) < 4.78 is 5.81. The summed E-state index contributed by atoms with van der Waals surface area (Å²) in [6.07, 6.45) is 1.51. The van der Waals surface area contributed by atoms with E-state index in [1.807, 2.05) is 31.2 Å². The molecular formula is C17H26N2O2. The number of likely N-dealkylation sites (N-methyl/N-ethyl adjacent to an activating group) is 1. The van der Waals surface area contributed by atoms with Gasteiger partial charge in [-0.05, 0) is 25.6 Å². The number of ether oxygens (including phenoxy) is 1. The van der Waals surface area contributed by atoms with Crippen molar-refractivity contribution in [2.75, 3.05) is 46.4 Å². The normalized spacial score (nSPS) is 16.9. The fourth-order valence-corrected chi connectivity index (χ4v) is 2.56. The average molecular weight is 290 g/mol. The van der Waals surface area contributed by atoms with Crippen molar-refractivity contribution in [1.82, 2.24) is 9.80 Å². The van der Waals surface area contributed by atoms with Crippen LogP contribution in [0.15, 0.2) is 24.3 Å². The third kappa shape index (κ3) is 4.83. The Morgan fingerprint density at radius 3 is 2.62 bits per heavy atom. The lowest BCUT2D eigenvalue weighted by Gasteiger charge is -2.32. The van der Waals surface area contributed by atoms with Gasteiger partial charge in [-0.2, -0.15) is 0 Å². The highest BCUT2D eigenvalue weighted by Gasteiger charge is 2.13. The van der Waals surface area contributed by atoms with E-state index in [1.165, 1.54) is 0 Å². The Labute approximate surface area is 127 Å². The first-order valence-corrected chi connectivity index (χ1v) is 7.86. The number of Topliss-reactive ketones (excluding diaryl/α,β-unsaturated/α-hetero) is 1. The fraction of sp³-hybridized carbons (Fsp3) is 0.588. The predicted octanol–water partition coefficient (Wildman–Crippen LogP) is 2.30. The number of carbonyl (C=O) groups is 1. The minimum absolute atomic E-state index is 0.143. The van der Waals surface area contributed by atoms with Crippen molar-refractivity contribution < 1.29 is 9.53 Å². The van der Waals surface area contributed by atoms with Gasteiger partial charge in [-0.3, -0.25) is 4.79 Å². The quantitative estimate of drug-likeness (QED) is 0.570. The summed E-state index contributed by atoms with van der Waals surface area (Å²) in [6, 6.07) is 7.54. The Bertz CT molecular complexity index is 454. The molecule has 0 atom stereocenters. The fourth-order valence-electron chi connectivity index (χ4n) is 2.56. The van der Waals surface area contributed by atoms with E-state index in [9.17, 15) is 4.79 Å². The van der Waals surface area contributed by atoms with Crippen molar-refractivity contribution in [2.24, 2.45) is 0 Å². The average Bonchev–Trinajstić information content (AvgIpc) is 2.53. The molecule has 1 aromatic rings. The van der Waals surface area contributed by atoms with Crippen LogP contribution in [0.5, 0.6) is 5.75 Å². The van der Waals surface area contributed by atoms with Crippen LogP contribution in [0, 0.1) is 0 Å². The molecule has 0 N–H and O–H groups in total. The van der Waals surface area contributed by atoms with Crippen LogP contribution in [0.3, 0.4) is 0 Å². The molecule has 0 saturated carbocycles. The molecule has 116 valence electrons. The van der Waals surface area contributed by atoms with E-state index < -0.39 is 0 Å². The molecule has 1 aliphatic rings. The summed E-state index contributed by atoms with van der Waals surface area (Å²) >= 11 is 0. The second-order valence-electron chi connectivity index (χ2n) is 5.62. The molecule has 4 nitrogen and oxygen atoms in total. The molecule has 0 radical (unpaired) electrons. The van der Waals surface area contributed by atoms with Crippen LogP contribution >= 0.6 is 0 Å². The van der Waals surface area contributed by atoms with E-state index in [0.717, 1.165) is 44.9 Å². The molecule has 21 heavy (non-hydrogen) atoms. The van der Waals surface area contributed by atoms with Crippen LogP contribution in [0.1, 0.15) is 30.1 Å². The molecule has 1 saturated heterocycles. The standard InChI is InChI=1S/C17H26N2O2/c1-3-16(20)15-7-4-5-8-17(15)21-14-6-9-19-12-10-18(2)11-13-19/h4-5,7-8H,3,6,9-14H2,1-2H3. The van der Waals surface area contributed by atoms with Crippen molar-refractivity contribution in [3.05, 3.63) is 29.8 Å². The Kier molecular flexibility index (Phi) is 6.21. The van der Waals surface area contributed by atoms with E-state index >= 15 is 0 Å². The molecule has 2 rings (SSSR count). The summed E-state index contributed by atoms with van der Waals surface area (Å²) in [5.74, 6) is 0.868. The van der Waals surface area contributed by atoms with E-state index in [-0.39, 0.29) is 5.78 Å². The first kappa shape index (κ1) is 16.0. The lowest BCUT2D eigenvalue weighted by molar-refractivity contribution is 0.0983. The molecule has 1 aromatic carbocycles. The first-order valence-electron chi connectivity index (χ1n) is 7.86. The van der Waals surface area contributed by atoms with Gasteiger partial charge >= 0.3 is 0 Å². The second-order valence-corrected chi connectivity index (χ2v) is 5.62. The zero-order chi connectivity index (χ0) is 15.1. The number of hydrogen-bond acceptors (Lipinski definition) is 4. The van der Waals surface area contributed by atoms with Crippen LogP contribution < -0.4 is 4.74 Å². The summed E-state index contributed by atoms with van der Waals surface area (Å²) in [6.45, 7) is 8.19. The van der Waals surface area contributed by atoms with Crippen molar-refractivity contribution in [1.29, 1.82) is 0 Å². The third-order valence-corrected chi connectivity index (χ3v) is 3.98. The van der Waals surface area contributed by atoms with Gasteiger partial charge in [-0.1, -0.05) is 19.1 Å². The summed E-state index contributed by atoms with van der Waals surface area (Å²) in [7, 11) is 2.17. The van der Waals surface area contributed by atoms with Crippen molar-refractivity contribution in [3.8, 4) is 5.75 Å². The SMILES string of the molecule is CCC(=O)c1ccccc1OCCCN1CCN(C)CC1. The Hall–Kier alpha value is -1.39. The van der Waals surface area contributed by atoms with Crippen LogP contribution in [0.4, 0.5) is 0 Å². The van der Waals surface area contributed by atoms with E-state index in [0.29, 0.717) is 18.6 Å². The molecule has 4 heteroatoms. The van der Waals surface area contributed by atoms with E-state index in [1.54, 1.807) is 0 Å². The highest BCUT2D eigenvalue weighted by Crippen LogP contribution is 2.19. The van der Waals surface area contributed by atoms with Crippen LogP contribution in [-0.2, 0) is 0 Å². The molecule has 1 fully saturated rings. The minimum Gasteiger partial charge on any atom is -0.493 e. The molecule has 0 aromatic heterocycles. The topological polar surface area (TPSA) is 32.8 Å². The third-order valence-electron chi connectivity index (χ3n) is 3.98. The molecule has 1 aliphatic heterocycles. The van der Waals surface area contributed by atoms with Gasteiger partial charge in [0.2, 0.25) is 0 Å². The largest absolute Gasteiger partial charge is 0.493 e. The first-order chi connectivity index (χ1) is 10.2. The molecule has 0 bridgehead atoms. The van der Waals surface area contributed by atoms with Crippen LogP contribution in [0.25, 0.3) is 0 Å². The minimum atomic E-state index is 0.143. The molecule has 0 unspecified atom stereocenters. The van der Waals surface area contributed by atoms with Gasteiger partial charge in [0.05, 0.1) is 12.2 Å². The number of piperazine rings is 1. The lowest BCUT2D eigenvalue weighted by atomic mass is 10.1. The number of ketones is 1. The number of benzene rings is 1. The molecule has 1 heterocycles. The second kappa shape index (κ2) is 8.15. The maximum absolute atomic E-state index is 11.9. The number of rotatable bonds is 7. The lowest BCUT2D eigenvalue weighted by Crippen LogP contribution is -2.44. The van der Waals surface area contributed by atoms with Crippen molar-refractivity contribution in [3.63, 3.8) is 0 Å². The molecule has 0 aliphatic carbocycles. The zero-order valence-electron chi connectivity index (χ0n) is 13.2. The highest BCUT2D eigenvalue weighted by molar-refractivity contribution is 5.98. The number of carbonyl (C=O) groups excluding carboxylic acids is 1. The van der Waals surface area contributed by atoms with E-state index in [4.69, 9.17) is 4.74 Å².